The molecule has 0 saturated heterocycles. The topological polar surface area (TPSA) is 29.1 Å². The summed E-state index contributed by atoms with van der Waals surface area (Å²) in [5, 5.41) is 3.03. The Bertz CT molecular complexity index is 496. The Hall–Kier alpha value is -1.38. The van der Waals surface area contributed by atoms with Gasteiger partial charge in [0.1, 0.15) is 5.82 Å². The van der Waals surface area contributed by atoms with Crippen LogP contribution >= 0.6 is 0 Å². The Morgan fingerprint density at radius 2 is 2.00 bits per heavy atom. The molecule has 2 saturated carbocycles. The van der Waals surface area contributed by atoms with Crippen LogP contribution in [0.25, 0.3) is 0 Å². The molecule has 1 aromatic rings. The van der Waals surface area contributed by atoms with E-state index in [1.807, 2.05) is 6.07 Å². The molecular formula is C18H24FNO. The average Bonchev–Trinajstić information content (AvgIpc) is 3.11. The molecule has 114 valence electrons. The minimum atomic E-state index is -0.181. The summed E-state index contributed by atoms with van der Waals surface area (Å²) >= 11 is 0. The number of hydrogen-bond donors (Lipinski definition) is 1. The molecule has 1 amide bonds. The van der Waals surface area contributed by atoms with Crippen molar-refractivity contribution in [2.24, 2.45) is 11.8 Å². The fraction of sp³-hybridized carbons (Fsp3) is 0.611. The van der Waals surface area contributed by atoms with Gasteiger partial charge in [-0.2, -0.15) is 0 Å². The van der Waals surface area contributed by atoms with Crippen LogP contribution in [0.3, 0.4) is 0 Å². The number of carbonyl (C=O) groups excluding carboxylic acids is 1. The first-order valence-corrected chi connectivity index (χ1v) is 8.28. The molecule has 2 fully saturated rings. The zero-order valence-electron chi connectivity index (χ0n) is 12.5. The highest BCUT2D eigenvalue weighted by atomic mass is 19.1. The second kappa shape index (κ2) is 6.59. The molecule has 3 rings (SSSR count). The van der Waals surface area contributed by atoms with Crippen molar-refractivity contribution >= 4 is 5.91 Å². The van der Waals surface area contributed by atoms with Crippen molar-refractivity contribution in [3.05, 3.63) is 35.6 Å². The van der Waals surface area contributed by atoms with Crippen LogP contribution in [0.15, 0.2) is 24.3 Å². The lowest BCUT2D eigenvalue weighted by atomic mass is 10.0. The molecule has 0 heterocycles. The second-order valence-corrected chi connectivity index (χ2v) is 6.55. The van der Waals surface area contributed by atoms with E-state index in [2.05, 4.69) is 5.32 Å². The summed E-state index contributed by atoms with van der Waals surface area (Å²) in [6.45, 7) is 0.774. The fourth-order valence-electron chi connectivity index (χ4n) is 3.64. The van der Waals surface area contributed by atoms with Crippen LogP contribution in [0.4, 0.5) is 4.39 Å². The maximum absolute atomic E-state index is 13.7. The zero-order valence-corrected chi connectivity index (χ0v) is 12.5. The van der Waals surface area contributed by atoms with Crippen molar-refractivity contribution in [3.8, 4) is 0 Å². The first kappa shape index (κ1) is 14.6. The first-order valence-electron chi connectivity index (χ1n) is 8.28. The maximum atomic E-state index is 13.7. The molecule has 21 heavy (non-hydrogen) atoms. The third kappa shape index (κ3) is 3.63. The van der Waals surface area contributed by atoms with E-state index in [0.717, 1.165) is 25.3 Å². The maximum Gasteiger partial charge on any atom is 0.223 e. The van der Waals surface area contributed by atoms with Gasteiger partial charge in [-0.1, -0.05) is 43.9 Å². The summed E-state index contributed by atoms with van der Waals surface area (Å²) < 4.78 is 13.7. The van der Waals surface area contributed by atoms with E-state index in [-0.39, 0.29) is 23.6 Å². The number of rotatable bonds is 6. The number of nitrogens with one attached hydrogen (secondary N) is 1. The molecule has 2 aliphatic rings. The van der Waals surface area contributed by atoms with E-state index in [0.29, 0.717) is 5.56 Å². The fourth-order valence-corrected chi connectivity index (χ4v) is 3.64. The predicted molar refractivity (Wildman–Crippen MR) is 81.4 cm³/mol. The van der Waals surface area contributed by atoms with Crippen LogP contribution in [-0.4, -0.2) is 12.5 Å². The SMILES string of the molecule is O=C(NCCCC1CCCC1)C1CC1c1ccccc1F. The van der Waals surface area contributed by atoms with E-state index in [1.165, 1.54) is 38.2 Å². The number of hydrogen-bond acceptors (Lipinski definition) is 1. The van der Waals surface area contributed by atoms with Crippen LogP contribution in [-0.2, 0) is 4.79 Å². The molecule has 1 aromatic carbocycles. The molecule has 3 heteroatoms. The van der Waals surface area contributed by atoms with Crippen LogP contribution < -0.4 is 5.32 Å². The minimum Gasteiger partial charge on any atom is -0.356 e. The second-order valence-electron chi connectivity index (χ2n) is 6.55. The van der Waals surface area contributed by atoms with Crippen molar-refractivity contribution in [2.45, 2.75) is 50.9 Å². The molecule has 2 aliphatic carbocycles. The van der Waals surface area contributed by atoms with Crippen LogP contribution in [0.2, 0.25) is 0 Å². The van der Waals surface area contributed by atoms with Crippen molar-refractivity contribution < 1.29 is 9.18 Å². The summed E-state index contributed by atoms with van der Waals surface area (Å²) in [6, 6.07) is 6.81. The van der Waals surface area contributed by atoms with E-state index in [4.69, 9.17) is 0 Å². The molecule has 2 atom stereocenters. The Balaban J connectivity index is 1.38. The smallest absolute Gasteiger partial charge is 0.223 e. The van der Waals surface area contributed by atoms with E-state index in [1.54, 1.807) is 12.1 Å². The highest BCUT2D eigenvalue weighted by molar-refractivity contribution is 5.82. The van der Waals surface area contributed by atoms with Gasteiger partial charge in [0.05, 0.1) is 0 Å². The van der Waals surface area contributed by atoms with Gasteiger partial charge in [0.25, 0.3) is 0 Å². The Kier molecular flexibility index (Phi) is 4.57. The molecule has 0 spiro atoms. The molecule has 1 N–H and O–H groups in total. The Morgan fingerprint density at radius 1 is 1.24 bits per heavy atom. The minimum absolute atomic E-state index is 0.0200. The normalized spacial score (nSPS) is 25.0. The highest BCUT2D eigenvalue weighted by Crippen LogP contribution is 2.48. The van der Waals surface area contributed by atoms with E-state index >= 15 is 0 Å². The van der Waals surface area contributed by atoms with Gasteiger partial charge in [0.15, 0.2) is 0 Å². The standard InChI is InChI=1S/C18H24FNO/c19-17-10-4-3-9-14(17)15-12-16(15)18(21)20-11-5-8-13-6-1-2-7-13/h3-4,9-10,13,15-16H,1-2,5-8,11-12H2,(H,20,21). The van der Waals surface area contributed by atoms with Crippen molar-refractivity contribution in [2.75, 3.05) is 6.54 Å². The molecule has 2 nitrogen and oxygen atoms in total. The molecule has 0 aromatic heterocycles. The average molecular weight is 289 g/mol. The molecule has 0 aliphatic heterocycles. The van der Waals surface area contributed by atoms with Gasteiger partial charge in [-0.05, 0) is 42.7 Å². The van der Waals surface area contributed by atoms with Gasteiger partial charge in [-0.15, -0.1) is 0 Å². The predicted octanol–water partition coefficient (Wildman–Crippen LogP) is 4.02. The lowest BCUT2D eigenvalue weighted by Gasteiger charge is -2.09. The van der Waals surface area contributed by atoms with E-state index in [9.17, 15) is 9.18 Å². The van der Waals surface area contributed by atoms with Crippen LogP contribution in [0.1, 0.15) is 56.4 Å². The van der Waals surface area contributed by atoms with Gasteiger partial charge < -0.3 is 5.32 Å². The Morgan fingerprint density at radius 3 is 2.76 bits per heavy atom. The number of carbonyl (C=O) groups is 1. The largest absolute Gasteiger partial charge is 0.356 e. The molecule has 0 radical (unpaired) electrons. The third-order valence-corrected chi connectivity index (χ3v) is 5.00. The Labute approximate surface area is 126 Å². The lowest BCUT2D eigenvalue weighted by Crippen LogP contribution is -2.26. The molecular weight excluding hydrogens is 265 g/mol. The zero-order chi connectivity index (χ0) is 14.7. The first-order chi connectivity index (χ1) is 10.3. The molecule has 0 bridgehead atoms. The van der Waals surface area contributed by atoms with Crippen molar-refractivity contribution in [1.82, 2.24) is 5.32 Å². The van der Waals surface area contributed by atoms with Gasteiger partial charge >= 0.3 is 0 Å². The number of amides is 1. The van der Waals surface area contributed by atoms with Gasteiger partial charge in [-0.25, -0.2) is 4.39 Å². The summed E-state index contributed by atoms with van der Waals surface area (Å²) in [5.74, 6) is 0.872. The summed E-state index contributed by atoms with van der Waals surface area (Å²) in [4.78, 5) is 12.1. The molecule has 2 unspecified atom stereocenters. The monoisotopic (exact) mass is 289 g/mol. The van der Waals surface area contributed by atoms with Crippen molar-refractivity contribution in [3.63, 3.8) is 0 Å². The summed E-state index contributed by atoms with van der Waals surface area (Å²) in [5.41, 5.74) is 0.698. The van der Waals surface area contributed by atoms with Crippen LogP contribution in [0.5, 0.6) is 0 Å². The lowest BCUT2D eigenvalue weighted by molar-refractivity contribution is -0.122. The van der Waals surface area contributed by atoms with Gasteiger partial charge in [-0.3, -0.25) is 4.79 Å². The van der Waals surface area contributed by atoms with Crippen molar-refractivity contribution in [1.29, 1.82) is 0 Å². The van der Waals surface area contributed by atoms with E-state index < -0.39 is 0 Å². The summed E-state index contributed by atoms with van der Waals surface area (Å²) in [7, 11) is 0. The number of benzene rings is 1. The quantitative estimate of drug-likeness (QED) is 0.788. The third-order valence-electron chi connectivity index (χ3n) is 5.00. The van der Waals surface area contributed by atoms with Gasteiger partial charge in [0, 0.05) is 12.5 Å². The van der Waals surface area contributed by atoms with Gasteiger partial charge in [0.2, 0.25) is 5.91 Å². The number of halogens is 1. The highest BCUT2D eigenvalue weighted by Gasteiger charge is 2.44. The summed E-state index contributed by atoms with van der Waals surface area (Å²) in [6.07, 6.45) is 8.59. The van der Waals surface area contributed by atoms with Crippen LogP contribution in [0, 0.1) is 17.7 Å².